The number of halogens is 2. The van der Waals surface area contributed by atoms with E-state index in [1.807, 2.05) is 12.2 Å². The molecule has 2 fully saturated rings. The molecule has 0 spiro atoms. The van der Waals surface area contributed by atoms with Crippen molar-refractivity contribution in [1.29, 1.82) is 0 Å². The summed E-state index contributed by atoms with van der Waals surface area (Å²) in [4.78, 5) is 10.1. The van der Waals surface area contributed by atoms with Crippen LogP contribution in [0.5, 0.6) is 0 Å². The highest BCUT2D eigenvalue weighted by atomic mass is 35.5. The molecule has 4 nitrogen and oxygen atoms in total. The fourth-order valence-electron chi connectivity index (χ4n) is 6.54. The van der Waals surface area contributed by atoms with Gasteiger partial charge in [0.1, 0.15) is 0 Å². The maximum atomic E-state index is 3.85. The summed E-state index contributed by atoms with van der Waals surface area (Å²) in [6.45, 7) is 18.5. The summed E-state index contributed by atoms with van der Waals surface area (Å²) in [5.41, 5.74) is 5.52. The van der Waals surface area contributed by atoms with Crippen LogP contribution in [-0.2, 0) is 0 Å². The van der Waals surface area contributed by atoms with E-state index in [2.05, 4.69) is 154 Å². The van der Waals surface area contributed by atoms with Crippen molar-refractivity contribution in [2.75, 3.05) is 65.4 Å². The summed E-state index contributed by atoms with van der Waals surface area (Å²) in [6.07, 6.45) is 4.00. The minimum absolute atomic E-state index is 0. The van der Waals surface area contributed by atoms with Crippen LogP contribution in [0.3, 0.4) is 0 Å². The van der Waals surface area contributed by atoms with Crippen LogP contribution in [0.1, 0.15) is 34.3 Å². The SMILES string of the molecule is C=CCN1CCN(C(c2ccccc2)c2ccccc2)CC1.C=CCN1CCN(C(c2ccccc2)c2ccccc2)CC1.Cl.Cl. The van der Waals surface area contributed by atoms with E-state index in [9.17, 15) is 0 Å². The average molecular weight is 658 g/mol. The minimum Gasteiger partial charge on any atom is -0.297 e. The molecule has 46 heavy (non-hydrogen) atoms. The van der Waals surface area contributed by atoms with Crippen LogP contribution in [0, 0.1) is 0 Å². The molecule has 0 amide bonds. The number of rotatable bonds is 10. The summed E-state index contributed by atoms with van der Waals surface area (Å²) in [7, 11) is 0. The average Bonchev–Trinajstić information content (AvgIpc) is 3.09. The van der Waals surface area contributed by atoms with Crippen LogP contribution in [-0.4, -0.2) is 85.0 Å². The van der Waals surface area contributed by atoms with Gasteiger partial charge in [-0.2, -0.15) is 0 Å². The number of piperazine rings is 2. The Morgan fingerprint density at radius 2 is 0.652 bits per heavy atom. The zero-order valence-electron chi connectivity index (χ0n) is 26.9. The van der Waals surface area contributed by atoms with Crippen molar-refractivity contribution >= 4 is 24.8 Å². The summed E-state index contributed by atoms with van der Waals surface area (Å²) in [6, 6.07) is 44.1. The Bertz CT molecular complexity index is 1180. The first-order valence-corrected chi connectivity index (χ1v) is 16.1. The van der Waals surface area contributed by atoms with Gasteiger partial charge in [-0.25, -0.2) is 0 Å². The van der Waals surface area contributed by atoms with Gasteiger partial charge in [0.2, 0.25) is 0 Å². The van der Waals surface area contributed by atoms with Gasteiger partial charge in [0.15, 0.2) is 0 Å². The van der Waals surface area contributed by atoms with Crippen molar-refractivity contribution < 1.29 is 0 Å². The molecule has 0 bridgehead atoms. The molecular weight excluding hydrogens is 607 g/mol. The molecule has 244 valence electrons. The molecule has 0 aliphatic carbocycles. The number of nitrogens with zero attached hydrogens (tertiary/aromatic N) is 4. The van der Waals surface area contributed by atoms with E-state index in [4.69, 9.17) is 0 Å². The largest absolute Gasteiger partial charge is 0.297 e. The van der Waals surface area contributed by atoms with Gasteiger partial charge in [-0.15, -0.1) is 38.0 Å². The first-order valence-electron chi connectivity index (χ1n) is 16.1. The van der Waals surface area contributed by atoms with Crippen molar-refractivity contribution in [3.8, 4) is 0 Å². The molecule has 2 heterocycles. The lowest BCUT2D eigenvalue weighted by molar-refractivity contribution is 0.118. The predicted molar refractivity (Wildman–Crippen MR) is 200 cm³/mol. The Morgan fingerprint density at radius 3 is 0.870 bits per heavy atom. The number of hydrogen-bond donors (Lipinski definition) is 0. The molecule has 6 heteroatoms. The highest BCUT2D eigenvalue weighted by Gasteiger charge is 2.27. The molecule has 2 aliphatic heterocycles. The van der Waals surface area contributed by atoms with Crippen LogP contribution >= 0.6 is 24.8 Å². The molecule has 0 aromatic heterocycles. The van der Waals surface area contributed by atoms with Crippen molar-refractivity contribution in [2.24, 2.45) is 0 Å². The lowest BCUT2D eigenvalue weighted by Gasteiger charge is -2.39. The Morgan fingerprint density at radius 1 is 0.413 bits per heavy atom. The smallest absolute Gasteiger partial charge is 0.0602 e. The summed E-state index contributed by atoms with van der Waals surface area (Å²) in [5, 5.41) is 0. The second-order valence-corrected chi connectivity index (χ2v) is 11.7. The second kappa shape index (κ2) is 20.1. The standard InChI is InChI=1S/2C20H24N2.2ClH/c2*1-2-13-21-14-16-22(17-15-21)20(18-9-5-3-6-10-18)19-11-7-4-8-12-19;;/h2*2-12,20H,1,13-17H2;2*1H. The Balaban J connectivity index is 0.000000240. The third-order valence-corrected chi connectivity index (χ3v) is 8.78. The van der Waals surface area contributed by atoms with Gasteiger partial charge in [-0.05, 0) is 22.3 Å². The minimum atomic E-state index is 0. The fraction of sp³-hybridized carbons (Fsp3) is 0.300. The van der Waals surface area contributed by atoms with E-state index in [1.165, 1.54) is 22.3 Å². The second-order valence-electron chi connectivity index (χ2n) is 11.7. The van der Waals surface area contributed by atoms with Crippen molar-refractivity contribution in [2.45, 2.75) is 12.1 Å². The Labute approximate surface area is 289 Å². The van der Waals surface area contributed by atoms with Crippen molar-refractivity contribution in [3.05, 3.63) is 169 Å². The van der Waals surface area contributed by atoms with E-state index in [0.29, 0.717) is 12.1 Å². The van der Waals surface area contributed by atoms with Crippen molar-refractivity contribution in [1.82, 2.24) is 19.6 Å². The normalized spacial score (nSPS) is 16.0. The molecule has 6 rings (SSSR count). The van der Waals surface area contributed by atoms with Gasteiger partial charge in [-0.1, -0.05) is 133 Å². The van der Waals surface area contributed by atoms with Gasteiger partial charge in [0.25, 0.3) is 0 Å². The van der Waals surface area contributed by atoms with Gasteiger partial charge in [0, 0.05) is 65.4 Å². The molecule has 2 saturated heterocycles. The van der Waals surface area contributed by atoms with Crippen LogP contribution < -0.4 is 0 Å². The molecule has 0 N–H and O–H groups in total. The lowest BCUT2D eigenvalue weighted by atomic mass is 9.96. The first kappa shape index (κ1) is 37.2. The molecule has 0 unspecified atom stereocenters. The van der Waals surface area contributed by atoms with Gasteiger partial charge in [0.05, 0.1) is 12.1 Å². The maximum Gasteiger partial charge on any atom is 0.0602 e. The third kappa shape index (κ3) is 10.4. The Kier molecular flexibility index (Phi) is 16.3. The molecular formula is C40H50Cl2N4. The third-order valence-electron chi connectivity index (χ3n) is 8.78. The highest BCUT2D eigenvalue weighted by molar-refractivity contribution is 5.85. The molecule has 4 aromatic carbocycles. The predicted octanol–water partition coefficient (Wildman–Crippen LogP) is 8.00. The summed E-state index contributed by atoms with van der Waals surface area (Å²) < 4.78 is 0. The topological polar surface area (TPSA) is 13.0 Å². The van der Waals surface area contributed by atoms with Crippen LogP contribution in [0.4, 0.5) is 0 Å². The fourth-order valence-corrected chi connectivity index (χ4v) is 6.54. The van der Waals surface area contributed by atoms with E-state index in [-0.39, 0.29) is 24.8 Å². The van der Waals surface area contributed by atoms with Gasteiger partial charge >= 0.3 is 0 Å². The summed E-state index contributed by atoms with van der Waals surface area (Å²) in [5.74, 6) is 0. The van der Waals surface area contributed by atoms with Crippen LogP contribution in [0.15, 0.2) is 147 Å². The van der Waals surface area contributed by atoms with Gasteiger partial charge < -0.3 is 0 Å². The molecule has 2 aliphatic rings. The van der Waals surface area contributed by atoms with Crippen LogP contribution in [0.2, 0.25) is 0 Å². The first-order chi connectivity index (χ1) is 21.8. The molecule has 4 aromatic rings. The number of benzene rings is 4. The monoisotopic (exact) mass is 656 g/mol. The quantitative estimate of drug-likeness (QED) is 0.160. The lowest BCUT2D eigenvalue weighted by Crippen LogP contribution is -2.47. The van der Waals surface area contributed by atoms with Crippen LogP contribution in [0.25, 0.3) is 0 Å². The molecule has 0 saturated carbocycles. The van der Waals surface area contributed by atoms with Crippen molar-refractivity contribution in [3.63, 3.8) is 0 Å². The zero-order chi connectivity index (χ0) is 30.4. The highest BCUT2D eigenvalue weighted by Crippen LogP contribution is 2.30. The zero-order valence-corrected chi connectivity index (χ0v) is 28.6. The van der Waals surface area contributed by atoms with E-state index < -0.39 is 0 Å². The van der Waals surface area contributed by atoms with E-state index >= 15 is 0 Å². The number of hydrogen-bond acceptors (Lipinski definition) is 4. The molecule has 0 radical (unpaired) electrons. The van der Waals surface area contributed by atoms with E-state index in [1.54, 1.807) is 0 Å². The maximum absolute atomic E-state index is 3.85. The van der Waals surface area contributed by atoms with E-state index in [0.717, 1.165) is 65.4 Å². The Hall–Kier alpha value is -3.22. The summed E-state index contributed by atoms with van der Waals surface area (Å²) >= 11 is 0. The molecule has 0 atom stereocenters. The van der Waals surface area contributed by atoms with Gasteiger partial charge in [-0.3, -0.25) is 19.6 Å².